The van der Waals surface area contributed by atoms with Gasteiger partial charge in [0.2, 0.25) is 0 Å². The maximum absolute atomic E-state index is 5.38. The summed E-state index contributed by atoms with van der Waals surface area (Å²) in [5.41, 5.74) is 11.4. The molecule has 0 N–H and O–H groups in total. The van der Waals surface area contributed by atoms with Crippen LogP contribution in [-0.4, -0.2) is 19.2 Å². The molecule has 0 fully saturated rings. The highest BCUT2D eigenvalue weighted by Gasteiger charge is 2.25. The van der Waals surface area contributed by atoms with Gasteiger partial charge in [0.15, 0.2) is 0 Å². The van der Waals surface area contributed by atoms with E-state index < -0.39 is 0 Å². The number of hydrogen-bond acceptors (Lipinski definition) is 2. The predicted molar refractivity (Wildman–Crippen MR) is 186 cm³/mol. The first-order valence-corrected chi connectivity index (χ1v) is 15.6. The van der Waals surface area contributed by atoms with Gasteiger partial charge >= 0.3 is 0 Å². The van der Waals surface area contributed by atoms with Crippen LogP contribution < -0.4 is 0 Å². The lowest BCUT2D eigenvalue weighted by Crippen LogP contribution is -2.15. The third-order valence-electron chi connectivity index (χ3n) is 9.47. The third kappa shape index (κ3) is 3.83. The summed E-state index contributed by atoms with van der Waals surface area (Å²) in [6.45, 7) is 18.2. The second kappa shape index (κ2) is 8.92. The van der Waals surface area contributed by atoms with Crippen LogP contribution >= 0.6 is 0 Å². The van der Waals surface area contributed by atoms with Crippen LogP contribution in [-0.2, 0) is 10.8 Å². The molecule has 0 bridgehead atoms. The second-order valence-corrected chi connectivity index (χ2v) is 14.6. The lowest BCUT2D eigenvalue weighted by molar-refractivity contribution is 0.588. The van der Waals surface area contributed by atoms with Crippen molar-refractivity contribution in [2.75, 3.05) is 0 Å². The van der Waals surface area contributed by atoms with E-state index in [2.05, 4.69) is 149 Å². The van der Waals surface area contributed by atoms with Gasteiger partial charge in [-0.05, 0) is 94.1 Å². The Kier molecular flexibility index (Phi) is 5.45. The predicted octanol–water partition coefficient (Wildman–Crippen LogP) is 10.5. The Bertz CT molecular complexity index is 2300. The summed E-state index contributed by atoms with van der Waals surface area (Å²) in [7, 11) is 0. The Morgan fingerprint density at radius 2 is 0.818 bits per heavy atom. The molecule has 0 unspecified atom stereocenters. The van der Waals surface area contributed by atoms with E-state index in [1.807, 2.05) is 0 Å². The molecule has 4 nitrogen and oxygen atoms in total. The summed E-state index contributed by atoms with van der Waals surface area (Å²) in [6, 6.07) is 31.3. The fourth-order valence-corrected chi connectivity index (χ4v) is 6.90. The second-order valence-electron chi connectivity index (χ2n) is 14.6. The number of aromatic nitrogens is 4. The van der Waals surface area contributed by atoms with E-state index in [1.165, 1.54) is 54.6 Å². The molecule has 0 saturated heterocycles. The number of benzene rings is 4. The molecule has 218 valence electrons. The highest BCUT2D eigenvalue weighted by Crippen LogP contribution is 2.39. The van der Waals surface area contributed by atoms with Gasteiger partial charge in [0, 0.05) is 21.5 Å². The topological polar surface area (TPSA) is 34.6 Å². The largest absolute Gasteiger partial charge is 0.230 e. The summed E-state index contributed by atoms with van der Waals surface area (Å²) in [4.78, 5) is 0. The minimum absolute atomic E-state index is 0.0537. The average molecular weight is 575 g/mol. The molecule has 4 aromatic heterocycles. The van der Waals surface area contributed by atoms with E-state index in [-0.39, 0.29) is 10.8 Å². The maximum Gasteiger partial charge on any atom is 0.101 e. The van der Waals surface area contributed by atoms with Crippen LogP contribution in [0.25, 0.3) is 65.8 Å². The fraction of sp³-hybridized carbons (Fsp3) is 0.250. The van der Waals surface area contributed by atoms with Gasteiger partial charge in [-0.25, -0.2) is 9.03 Å². The van der Waals surface area contributed by atoms with Gasteiger partial charge in [-0.1, -0.05) is 90.1 Å². The highest BCUT2D eigenvalue weighted by molar-refractivity contribution is 6.13. The molecule has 4 heteroatoms. The van der Waals surface area contributed by atoms with Gasteiger partial charge in [0.25, 0.3) is 0 Å². The average Bonchev–Trinajstić information content (AvgIpc) is 3.54. The normalized spacial score (nSPS) is 13.0. The number of aryl methyl sites for hydroxylation is 2. The van der Waals surface area contributed by atoms with Crippen LogP contribution in [0.2, 0.25) is 0 Å². The molecule has 44 heavy (non-hydrogen) atoms. The van der Waals surface area contributed by atoms with E-state index in [0.29, 0.717) is 0 Å². The van der Waals surface area contributed by atoms with Crippen LogP contribution in [0.5, 0.6) is 0 Å². The number of hydrogen-bond donors (Lipinski definition) is 0. The fourth-order valence-electron chi connectivity index (χ4n) is 6.90. The molecule has 8 aromatic rings. The van der Waals surface area contributed by atoms with Crippen molar-refractivity contribution >= 4 is 54.4 Å². The summed E-state index contributed by atoms with van der Waals surface area (Å²) in [6.07, 6.45) is 0. The van der Waals surface area contributed by atoms with Gasteiger partial charge in [0.1, 0.15) is 11.0 Å². The number of pyridine rings is 2. The van der Waals surface area contributed by atoms with Crippen molar-refractivity contribution in [3.8, 4) is 11.4 Å². The molecule has 0 atom stereocenters. The zero-order valence-electron chi connectivity index (χ0n) is 26.9. The monoisotopic (exact) mass is 574 g/mol. The van der Waals surface area contributed by atoms with Crippen LogP contribution in [0.3, 0.4) is 0 Å². The third-order valence-corrected chi connectivity index (χ3v) is 9.47. The van der Waals surface area contributed by atoms with Gasteiger partial charge in [-0.2, -0.15) is 10.2 Å². The van der Waals surface area contributed by atoms with Crippen molar-refractivity contribution in [2.24, 2.45) is 0 Å². The van der Waals surface area contributed by atoms with Crippen LogP contribution in [0.4, 0.5) is 0 Å². The Morgan fingerprint density at radius 3 is 1.18 bits per heavy atom. The van der Waals surface area contributed by atoms with Crippen molar-refractivity contribution in [3.05, 3.63) is 107 Å². The number of nitrogens with zero attached hydrogens (tertiary/aromatic N) is 4. The first-order valence-electron chi connectivity index (χ1n) is 15.6. The maximum atomic E-state index is 5.38. The molecule has 0 radical (unpaired) electrons. The smallest absolute Gasteiger partial charge is 0.101 e. The molecule has 0 amide bonds. The summed E-state index contributed by atoms with van der Waals surface area (Å²) >= 11 is 0. The van der Waals surface area contributed by atoms with Crippen LogP contribution in [0.1, 0.15) is 63.8 Å². The molecule has 8 rings (SSSR count). The number of fused-ring (bicyclic) bond motifs is 10. The quantitative estimate of drug-likeness (QED) is 0.195. The van der Waals surface area contributed by atoms with Crippen LogP contribution in [0.15, 0.2) is 84.9 Å². The SMILES string of the molecule is Cc1cc2c(nn3c(-c4cc(C(C)(C)C)cc5c6cc(C)c7ccccc7c6nn45)cc(C(C)(C)C)cc23)c2ccccc12. The molecule has 0 aliphatic carbocycles. The molecular formula is C40H38N4. The highest BCUT2D eigenvalue weighted by atomic mass is 15.3. The van der Waals surface area contributed by atoms with Crippen molar-refractivity contribution in [2.45, 2.75) is 66.2 Å². The molecule has 0 aliphatic rings. The molecule has 0 aliphatic heterocycles. The van der Waals surface area contributed by atoms with E-state index in [4.69, 9.17) is 10.2 Å². The van der Waals surface area contributed by atoms with Crippen LogP contribution in [0, 0.1) is 13.8 Å². The van der Waals surface area contributed by atoms with Gasteiger partial charge in [-0.3, -0.25) is 0 Å². The Hall–Kier alpha value is -4.70. The van der Waals surface area contributed by atoms with Crippen molar-refractivity contribution in [3.63, 3.8) is 0 Å². The Labute approximate surface area is 257 Å². The van der Waals surface area contributed by atoms with E-state index in [1.54, 1.807) is 0 Å². The molecule has 0 spiro atoms. The van der Waals surface area contributed by atoms with E-state index >= 15 is 0 Å². The molecule has 4 aromatic carbocycles. The minimum Gasteiger partial charge on any atom is -0.230 e. The Balaban J connectivity index is 1.58. The van der Waals surface area contributed by atoms with Gasteiger partial charge in [-0.15, -0.1) is 0 Å². The standard InChI is InChI=1S/C40H38N4/c1-23-17-31-33-19-25(39(3,4)5)21-35(43(33)41-37(31)29-15-11-9-13-27(23)29)36-22-26(40(6,7)8)20-34-32-18-24(2)28-14-10-12-16-30(28)38(32)42-44(34)36/h9-22H,1-8H3. The van der Waals surface area contributed by atoms with Crippen molar-refractivity contribution < 1.29 is 0 Å². The van der Waals surface area contributed by atoms with Gasteiger partial charge in [0.05, 0.1) is 22.4 Å². The summed E-state index contributed by atoms with van der Waals surface area (Å²) < 4.78 is 4.34. The lowest BCUT2D eigenvalue weighted by Gasteiger charge is -2.23. The lowest BCUT2D eigenvalue weighted by atomic mass is 9.85. The summed E-state index contributed by atoms with van der Waals surface area (Å²) in [5.74, 6) is 0. The molecule has 4 heterocycles. The van der Waals surface area contributed by atoms with Crippen molar-refractivity contribution in [1.82, 2.24) is 19.2 Å². The zero-order valence-corrected chi connectivity index (χ0v) is 26.9. The van der Waals surface area contributed by atoms with Gasteiger partial charge < -0.3 is 0 Å². The summed E-state index contributed by atoms with van der Waals surface area (Å²) in [5, 5.41) is 18.0. The minimum atomic E-state index is -0.0537. The first-order chi connectivity index (χ1) is 20.9. The van der Waals surface area contributed by atoms with E-state index in [9.17, 15) is 0 Å². The Morgan fingerprint density at radius 1 is 0.455 bits per heavy atom. The number of rotatable bonds is 1. The van der Waals surface area contributed by atoms with E-state index in [0.717, 1.165) is 33.5 Å². The molecule has 0 saturated carbocycles. The first kappa shape index (κ1) is 26.9. The van der Waals surface area contributed by atoms with Crippen molar-refractivity contribution in [1.29, 1.82) is 0 Å². The molecular weight excluding hydrogens is 536 g/mol. The zero-order chi connectivity index (χ0) is 30.7.